The van der Waals surface area contributed by atoms with Crippen LogP contribution in [-0.4, -0.2) is 5.78 Å². The first kappa shape index (κ1) is 15.3. The van der Waals surface area contributed by atoms with Crippen molar-refractivity contribution < 1.29 is 4.79 Å². The van der Waals surface area contributed by atoms with E-state index in [0.717, 1.165) is 18.4 Å². The largest absolute Gasteiger partial charge is 0.294 e. The lowest BCUT2D eigenvalue weighted by Crippen LogP contribution is -2.34. The zero-order chi connectivity index (χ0) is 14.8. The van der Waals surface area contributed by atoms with E-state index in [1.807, 2.05) is 12.1 Å². The number of hydrogen-bond acceptors (Lipinski definition) is 1. The molecule has 110 valence electrons. The molecule has 1 saturated carbocycles. The smallest absolute Gasteiger partial charge is 0.166 e. The highest BCUT2D eigenvalue weighted by Crippen LogP contribution is 2.42. The molecule has 1 heteroatoms. The predicted molar refractivity (Wildman–Crippen MR) is 85.2 cm³/mol. The van der Waals surface area contributed by atoms with Gasteiger partial charge in [-0.1, -0.05) is 64.8 Å². The lowest BCUT2D eigenvalue weighted by molar-refractivity contribution is 0.0697. The first-order valence-corrected chi connectivity index (χ1v) is 8.10. The summed E-state index contributed by atoms with van der Waals surface area (Å²) >= 11 is 0. The molecule has 1 aromatic rings. The van der Waals surface area contributed by atoms with Gasteiger partial charge >= 0.3 is 0 Å². The molecule has 1 nitrogen and oxygen atoms in total. The average molecular weight is 272 g/mol. The van der Waals surface area contributed by atoms with E-state index in [0.29, 0.717) is 11.7 Å². The van der Waals surface area contributed by atoms with Gasteiger partial charge in [0.15, 0.2) is 5.78 Å². The molecule has 2 atom stereocenters. The SMILES string of the molecule is CCC(C)c1ccc(C(=O)C2CCCCC2(C)C)cc1. The van der Waals surface area contributed by atoms with Gasteiger partial charge in [0.1, 0.15) is 0 Å². The quantitative estimate of drug-likeness (QED) is 0.652. The Labute approximate surface area is 123 Å². The van der Waals surface area contributed by atoms with Crippen LogP contribution in [0.15, 0.2) is 24.3 Å². The van der Waals surface area contributed by atoms with Crippen LogP contribution in [0.25, 0.3) is 0 Å². The normalized spacial score (nSPS) is 23.3. The number of hydrogen-bond donors (Lipinski definition) is 0. The number of rotatable bonds is 4. The van der Waals surface area contributed by atoms with Gasteiger partial charge in [-0.15, -0.1) is 0 Å². The second kappa shape index (κ2) is 6.11. The molecule has 1 aromatic carbocycles. The van der Waals surface area contributed by atoms with Gasteiger partial charge in [0, 0.05) is 11.5 Å². The van der Waals surface area contributed by atoms with Crippen molar-refractivity contribution in [3.8, 4) is 0 Å². The molecule has 0 aliphatic heterocycles. The molecule has 0 heterocycles. The van der Waals surface area contributed by atoms with Gasteiger partial charge < -0.3 is 0 Å². The lowest BCUT2D eigenvalue weighted by atomic mass is 9.66. The van der Waals surface area contributed by atoms with Crippen molar-refractivity contribution in [1.29, 1.82) is 0 Å². The molecule has 0 bridgehead atoms. The molecule has 2 rings (SSSR count). The Balaban J connectivity index is 2.16. The van der Waals surface area contributed by atoms with Crippen molar-refractivity contribution in [3.05, 3.63) is 35.4 Å². The lowest BCUT2D eigenvalue weighted by Gasteiger charge is -2.37. The molecule has 0 N–H and O–H groups in total. The molecule has 0 amide bonds. The van der Waals surface area contributed by atoms with Gasteiger partial charge in [-0.05, 0) is 36.2 Å². The van der Waals surface area contributed by atoms with Gasteiger partial charge in [-0.25, -0.2) is 0 Å². The molecular weight excluding hydrogens is 244 g/mol. The van der Waals surface area contributed by atoms with Crippen LogP contribution < -0.4 is 0 Å². The molecule has 0 radical (unpaired) electrons. The monoisotopic (exact) mass is 272 g/mol. The van der Waals surface area contributed by atoms with Crippen LogP contribution in [0.5, 0.6) is 0 Å². The minimum absolute atomic E-state index is 0.157. The van der Waals surface area contributed by atoms with E-state index >= 15 is 0 Å². The average Bonchev–Trinajstić information content (AvgIpc) is 2.45. The Hall–Kier alpha value is -1.11. The third-order valence-electron chi connectivity index (χ3n) is 5.20. The summed E-state index contributed by atoms with van der Waals surface area (Å²) in [4.78, 5) is 12.8. The van der Waals surface area contributed by atoms with Crippen molar-refractivity contribution in [2.75, 3.05) is 0 Å². The maximum Gasteiger partial charge on any atom is 0.166 e. The van der Waals surface area contributed by atoms with Crippen molar-refractivity contribution in [2.24, 2.45) is 11.3 Å². The summed E-state index contributed by atoms with van der Waals surface area (Å²) in [6, 6.07) is 8.34. The predicted octanol–water partition coefficient (Wildman–Crippen LogP) is 5.60. The number of carbonyl (C=O) groups excluding carboxylic acids is 1. The standard InChI is InChI=1S/C19H28O/c1-5-14(2)15-9-11-16(12-10-15)18(20)17-8-6-7-13-19(17,3)4/h9-12,14,17H,5-8,13H2,1-4H3. The van der Waals surface area contributed by atoms with Gasteiger partial charge in [-0.2, -0.15) is 0 Å². The van der Waals surface area contributed by atoms with E-state index < -0.39 is 0 Å². The van der Waals surface area contributed by atoms with Crippen LogP contribution in [0.3, 0.4) is 0 Å². The fourth-order valence-electron chi connectivity index (χ4n) is 3.39. The Morgan fingerprint density at radius 1 is 1.25 bits per heavy atom. The van der Waals surface area contributed by atoms with Crippen molar-refractivity contribution in [2.45, 2.75) is 65.7 Å². The summed E-state index contributed by atoms with van der Waals surface area (Å²) in [6.45, 7) is 8.94. The molecule has 2 unspecified atom stereocenters. The van der Waals surface area contributed by atoms with Crippen LogP contribution in [0.1, 0.15) is 81.6 Å². The third kappa shape index (κ3) is 3.13. The highest BCUT2D eigenvalue weighted by Gasteiger charge is 2.37. The molecule has 20 heavy (non-hydrogen) atoms. The van der Waals surface area contributed by atoms with Gasteiger partial charge in [0.2, 0.25) is 0 Å². The highest BCUT2D eigenvalue weighted by atomic mass is 16.1. The maximum absolute atomic E-state index is 12.8. The number of ketones is 1. The van der Waals surface area contributed by atoms with E-state index in [4.69, 9.17) is 0 Å². The third-order valence-corrected chi connectivity index (χ3v) is 5.20. The van der Waals surface area contributed by atoms with Gasteiger partial charge in [0.25, 0.3) is 0 Å². The minimum atomic E-state index is 0.157. The summed E-state index contributed by atoms with van der Waals surface area (Å²) in [5.41, 5.74) is 2.40. The first-order chi connectivity index (χ1) is 9.45. The topological polar surface area (TPSA) is 17.1 Å². The molecule has 0 saturated heterocycles. The van der Waals surface area contributed by atoms with E-state index in [1.165, 1.54) is 24.8 Å². The van der Waals surface area contributed by atoms with Crippen LogP contribution in [0, 0.1) is 11.3 Å². The maximum atomic E-state index is 12.8. The van der Waals surface area contributed by atoms with Crippen LogP contribution >= 0.6 is 0 Å². The second-order valence-electron chi connectivity index (χ2n) is 7.08. The minimum Gasteiger partial charge on any atom is -0.294 e. The second-order valence-corrected chi connectivity index (χ2v) is 7.08. The summed E-state index contributed by atoms with van der Waals surface area (Å²) in [6.07, 6.45) is 5.84. The number of benzene rings is 1. The van der Waals surface area contributed by atoms with Crippen LogP contribution in [0.2, 0.25) is 0 Å². The molecule has 0 aromatic heterocycles. The Morgan fingerprint density at radius 3 is 2.45 bits per heavy atom. The van der Waals surface area contributed by atoms with E-state index in [9.17, 15) is 4.79 Å². The molecule has 1 aliphatic carbocycles. The van der Waals surface area contributed by atoms with E-state index in [1.54, 1.807) is 0 Å². The Kier molecular flexibility index (Phi) is 4.67. The Bertz CT molecular complexity index is 455. The number of Topliss-reactive ketones (excluding diaryl/α,β-unsaturated/α-hetero) is 1. The van der Waals surface area contributed by atoms with E-state index in [-0.39, 0.29) is 11.3 Å². The Morgan fingerprint density at radius 2 is 1.90 bits per heavy atom. The zero-order valence-electron chi connectivity index (χ0n) is 13.4. The fraction of sp³-hybridized carbons (Fsp3) is 0.632. The van der Waals surface area contributed by atoms with Gasteiger partial charge in [0.05, 0.1) is 0 Å². The zero-order valence-corrected chi connectivity index (χ0v) is 13.4. The summed E-state index contributed by atoms with van der Waals surface area (Å²) in [7, 11) is 0. The van der Waals surface area contributed by atoms with Crippen molar-refractivity contribution in [1.82, 2.24) is 0 Å². The van der Waals surface area contributed by atoms with Crippen molar-refractivity contribution in [3.63, 3.8) is 0 Å². The van der Waals surface area contributed by atoms with Crippen LogP contribution in [0.4, 0.5) is 0 Å². The fourth-order valence-corrected chi connectivity index (χ4v) is 3.39. The van der Waals surface area contributed by atoms with E-state index in [2.05, 4.69) is 39.8 Å². The van der Waals surface area contributed by atoms with Crippen LogP contribution in [-0.2, 0) is 0 Å². The summed E-state index contributed by atoms with van der Waals surface area (Å²) in [5.74, 6) is 1.13. The van der Waals surface area contributed by atoms with Crippen molar-refractivity contribution >= 4 is 5.78 Å². The summed E-state index contributed by atoms with van der Waals surface area (Å²) < 4.78 is 0. The van der Waals surface area contributed by atoms with Gasteiger partial charge in [-0.3, -0.25) is 4.79 Å². The molecular formula is C19H28O. The first-order valence-electron chi connectivity index (χ1n) is 8.10. The molecule has 1 fully saturated rings. The highest BCUT2D eigenvalue weighted by molar-refractivity contribution is 5.98. The number of carbonyl (C=O) groups is 1. The molecule has 0 spiro atoms. The molecule has 1 aliphatic rings. The summed E-state index contributed by atoms with van der Waals surface area (Å²) in [5, 5.41) is 0.